The molecule has 66 valence electrons. The Bertz CT molecular complexity index is 278. The van der Waals surface area contributed by atoms with Gasteiger partial charge >= 0.3 is 0 Å². The second-order valence-electron chi connectivity index (χ2n) is 2.65. The Kier molecular flexibility index (Phi) is 3.50. The summed E-state index contributed by atoms with van der Waals surface area (Å²) < 4.78 is 0.817. The summed E-state index contributed by atoms with van der Waals surface area (Å²) in [4.78, 5) is 4.18. The quantitative estimate of drug-likeness (QED) is 0.818. The normalized spacial score (nSPS) is 13.0. The average Bonchev–Trinajstić information content (AvgIpc) is 2.08. The van der Waals surface area contributed by atoms with Crippen LogP contribution in [-0.2, 0) is 0 Å². The van der Waals surface area contributed by atoms with Gasteiger partial charge in [0.15, 0.2) is 0 Å². The molecule has 1 atom stereocenters. The highest BCUT2D eigenvalue weighted by Gasteiger charge is 2.06. The van der Waals surface area contributed by atoms with E-state index in [4.69, 9.17) is 17.3 Å². The van der Waals surface area contributed by atoms with Gasteiger partial charge < -0.3 is 5.73 Å². The first-order valence-corrected chi connectivity index (χ1v) is 4.84. The Labute approximate surface area is 85.3 Å². The van der Waals surface area contributed by atoms with Crippen LogP contribution in [0.3, 0.4) is 0 Å². The second-order valence-corrected chi connectivity index (χ2v) is 3.86. The summed E-state index contributed by atoms with van der Waals surface area (Å²) in [6.45, 7) is 2.61. The highest BCUT2D eigenvalue weighted by atomic mass is 79.9. The van der Waals surface area contributed by atoms with E-state index in [2.05, 4.69) is 20.9 Å². The Morgan fingerprint density at radius 3 is 2.83 bits per heavy atom. The van der Waals surface area contributed by atoms with Crippen molar-refractivity contribution in [1.82, 2.24) is 4.98 Å². The molecule has 0 saturated carbocycles. The van der Waals surface area contributed by atoms with Gasteiger partial charge in [0.05, 0.1) is 4.47 Å². The van der Waals surface area contributed by atoms with E-state index in [-0.39, 0.29) is 5.92 Å². The van der Waals surface area contributed by atoms with Gasteiger partial charge in [-0.15, -0.1) is 0 Å². The van der Waals surface area contributed by atoms with E-state index in [1.807, 2.05) is 19.1 Å². The lowest BCUT2D eigenvalue weighted by Crippen LogP contribution is -2.10. The zero-order valence-electron chi connectivity index (χ0n) is 6.72. The Balaban J connectivity index is 2.96. The molecule has 0 aliphatic heterocycles. The maximum absolute atomic E-state index is 5.82. The summed E-state index contributed by atoms with van der Waals surface area (Å²) in [5, 5.41) is 0.493. The number of nitrogens with zero attached hydrogens (tertiary/aromatic N) is 1. The molecule has 2 N–H and O–H groups in total. The largest absolute Gasteiger partial charge is 0.330 e. The van der Waals surface area contributed by atoms with Crippen LogP contribution >= 0.6 is 27.5 Å². The number of nitrogens with two attached hydrogens (primary N) is 1. The van der Waals surface area contributed by atoms with Crippen LogP contribution in [0, 0.1) is 0 Å². The van der Waals surface area contributed by atoms with Gasteiger partial charge in [-0.2, -0.15) is 0 Å². The maximum atomic E-state index is 5.82. The smallest absolute Gasteiger partial charge is 0.143 e. The van der Waals surface area contributed by atoms with Gasteiger partial charge in [-0.1, -0.05) is 18.5 Å². The van der Waals surface area contributed by atoms with Crippen molar-refractivity contribution >= 4 is 27.5 Å². The number of hydrogen-bond acceptors (Lipinski definition) is 2. The minimum Gasteiger partial charge on any atom is -0.330 e. The topological polar surface area (TPSA) is 38.9 Å². The first-order valence-electron chi connectivity index (χ1n) is 3.67. The monoisotopic (exact) mass is 248 g/mol. The molecule has 1 aromatic heterocycles. The fourth-order valence-corrected chi connectivity index (χ4v) is 1.21. The predicted molar refractivity (Wildman–Crippen MR) is 54.4 cm³/mol. The van der Waals surface area contributed by atoms with Gasteiger partial charge in [0.2, 0.25) is 0 Å². The van der Waals surface area contributed by atoms with Crippen molar-refractivity contribution in [3.05, 3.63) is 27.5 Å². The Morgan fingerprint density at radius 2 is 2.33 bits per heavy atom. The standard InChI is InChI=1S/C8H10BrClN2/c1-5(4-11)7-3-2-6(9)8(10)12-7/h2-3,5H,4,11H2,1H3. The second kappa shape index (κ2) is 4.21. The molecule has 1 heterocycles. The SMILES string of the molecule is CC(CN)c1ccc(Br)c(Cl)n1. The molecule has 0 fully saturated rings. The molecule has 0 amide bonds. The summed E-state index contributed by atoms with van der Waals surface area (Å²) in [6, 6.07) is 3.81. The van der Waals surface area contributed by atoms with Crippen LogP contribution in [-0.4, -0.2) is 11.5 Å². The summed E-state index contributed by atoms with van der Waals surface area (Å²) in [7, 11) is 0. The Morgan fingerprint density at radius 1 is 1.67 bits per heavy atom. The van der Waals surface area contributed by atoms with Crippen LogP contribution in [0.1, 0.15) is 18.5 Å². The van der Waals surface area contributed by atoms with Crippen molar-refractivity contribution < 1.29 is 0 Å². The molecule has 0 aliphatic rings. The molecule has 0 aliphatic carbocycles. The molecule has 0 spiro atoms. The van der Waals surface area contributed by atoms with Gasteiger partial charge in [-0.3, -0.25) is 0 Å². The molecule has 12 heavy (non-hydrogen) atoms. The molecule has 0 saturated heterocycles. The van der Waals surface area contributed by atoms with Gasteiger partial charge in [-0.05, 0) is 28.1 Å². The van der Waals surface area contributed by atoms with E-state index in [0.29, 0.717) is 11.7 Å². The zero-order chi connectivity index (χ0) is 9.14. The highest BCUT2D eigenvalue weighted by molar-refractivity contribution is 9.10. The summed E-state index contributed by atoms with van der Waals surface area (Å²) in [6.07, 6.45) is 0. The van der Waals surface area contributed by atoms with Crippen molar-refractivity contribution in [2.24, 2.45) is 5.73 Å². The third kappa shape index (κ3) is 2.19. The molecule has 1 unspecified atom stereocenters. The van der Waals surface area contributed by atoms with Crippen molar-refractivity contribution in [1.29, 1.82) is 0 Å². The third-order valence-electron chi connectivity index (χ3n) is 1.68. The lowest BCUT2D eigenvalue weighted by molar-refractivity contribution is 0.745. The molecule has 1 aromatic rings. The minimum atomic E-state index is 0.260. The van der Waals surface area contributed by atoms with Crippen molar-refractivity contribution in [2.45, 2.75) is 12.8 Å². The Hall–Kier alpha value is -0.120. The van der Waals surface area contributed by atoms with Crippen molar-refractivity contribution in [3.63, 3.8) is 0 Å². The molecular weight excluding hydrogens is 239 g/mol. The van der Waals surface area contributed by atoms with Gasteiger partial charge in [-0.25, -0.2) is 4.98 Å². The molecule has 1 rings (SSSR count). The summed E-state index contributed by atoms with van der Waals surface area (Å²) in [5.74, 6) is 0.260. The average molecular weight is 250 g/mol. The van der Waals surface area contributed by atoms with Crippen LogP contribution < -0.4 is 5.73 Å². The van der Waals surface area contributed by atoms with Gasteiger partial charge in [0, 0.05) is 18.2 Å². The van der Waals surface area contributed by atoms with E-state index < -0.39 is 0 Å². The molecule has 4 heteroatoms. The first-order chi connectivity index (χ1) is 5.65. The van der Waals surface area contributed by atoms with E-state index in [1.54, 1.807) is 0 Å². The van der Waals surface area contributed by atoms with Crippen LogP contribution in [0.4, 0.5) is 0 Å². The summed E-state index contributed by atoms with van der Waals surface area (Å²) >= 11 is 9.09. The molecule has 2 nitrogen and oxygen atoms in total. The molecule has 0 bridgehead atoms. The fourth-order valence-electron chi connectivity index (χ4n) is 0.827. The van der Waals surface area contributed by atoms with Gasteiger partial charge in [0.1, 0.15) is 5.15 Å². The molecule has 0 aromatic carbocycles. The van der Waals surface area contributed by atoms with E-state index in [0.717, 1.165) is 10.2 Å². The molecular formula is C8H10BrClN2. The highest BCUT2D eigenvalue weighted by Crippen LogP contribution is 2.22. The van der Waals surface area contributed by atoms with E-state index in [1.165, 1.54) is 0 Å². The molecule has 0 radical (unpaired) electrons. The lowest BCUT2D eigenvalue weighted by atomic mass is 10.1. The first kappa shape index (κ1) is 9.96. The zero-order valence-corrected chi connectivity index (χ0v) is 9.06. The van der Waals surface area contributed by atoms with Gasteiger partial charge in [0.25, 0.3) is 0 Å². The number of rotatable bonds is 2. The van der Waals surface area contributed by atoms with Crippen LogP contribution in [0.2, 0.25) is 5.15 Å². The number of aromatic nitrogens is 1. The third-order valence-corrected chi connectivity index (χ3v) is 2.84. The van der Waals surface area contributed by atoms with E-state index in [9.17, 15) is 0 Å². The fraction of sp³-hybridized carbons (Fsp3) is 0.375. The van der Waals surface area contributed by atoms with Crippen LogP contribution in [0.15, 0.2) is 16.6 Å². The maximum Gasteiger partial charge on any atom is 0.143 e. The predicted octanol–water partition coefficient (Wildman–Crippen LogP) is 2.56. The number of halogens is 2. The van der Waals surface area contributed by atoms with Crippen LogP contribution in [0.5, 0.6) is 0 Å². The summed E-state index contributed by atoms with van der Waals surface area (Å²) in [5.41, 5.74) is 6.43. The van der Waals surface area contributed by atoms with Crippen molar-refractivity contribution in [3.8, 4) is 0 Å². The van der Waals surface area contributed by atoms with Crippen molar-refractivity contribution in [2.75, 3.05) is 6.54 Å². The lowest BCUT2D eigenvalue weighted by Gasteiger charge is -2.07. The minimum absolute atomic E-state index is 0.260. The van der Waals surface area contributed by atoms with E-state index >= 15 is 0 Å². The van der Waals surface area contributed by atoms with Crippen LogP contribution in [0.25, 0.3) is 0 Å². The number of pyridine rings is 1. The number of hydrogen-bond donors (Lipinski definition) is 1.